The van der Waals surface area contributed by atoms with Crippen LogP contribution in [0, 0.1) is 5.41 Å². The van der Waals surface area contributed by atoms with Crippen LogP contribution < -0.4 is 5.73 Å². The van der Waals surface area contributed by atoms with Crippen LogP contribution in [0.1, 0.15) is 29.6 Å². The summed E-state index contributed by atoms with van der Waals surface area (Å²) in [6, 6.07) is 3.17. The van der Waals surface area contributed by atoms with Crippen LogP contribution in [0.5, 0.6) is 0 Å². The highest BCUT2D eigenvalue weighted by atomic mass is 16.5. The monoisotopic (exact) mass is 307 g/mol. The summed E-state index contributed by atoms with van der Waals surface area (Å²) < 4.78 is 5.02. The number of aliphatic carboxylic acids is 1. The number of rotatable bonds is 5. The lowest BCUT2D eigenvalue weighted by Gasteiger charge is -2.39. The molecular weight excluding hydrogens is 286 g/mol. The second kappa shape index (κ2) is 6.74. The number of carboxylic acid groups (broad SMARTS) is 1. The highest BCUT2D eigenvalue weighted by Gasteiger charge is 2.43. The van der Waals surface area contributed by atoms with Gasteiger partial charge in [0.15, 0.2) is 0 Å². The molecule has 1 fully saturated rings. The molecule has 0 saturated carbocycles. The number of nitrogen functional groups attached to an aromatic ring is 1. The van der Waals surface area contributed by atoms with E-state index in [1.165, 1.54) is 6.20 Å². The maximum absolute atomic E-state index is 12.5. The van der Waals surface area contributed by atoms with Crippen LogP contribution in [0.25, 0.3) is 0 Å². The third-order valence-corrected chi connectivity index (χ3v) is 4.14. The van der Waals surface area contributed by atoms with Gasteiger partial charge in [0.2, 0.25) is 0 Å². The fourth-order valence-electron chi connectivity index (χ4n) is 2.80. The maximum Gasteiger partial charge on any atom is 0.311 e. The number of pyridine rings is 1. The molecule has 2 heterocycles. The number of amides is 1. The van der Waals surface area contributed by atoms with Crippen LogP contribution >= 0.6 is 0 Å². The Morgan fingerprint density at radius 2 is 2.27 bits per heavy atom. The molecule has 0 unspecified atom stereocenters. The molecule has 1 aliphatic heterocycles. The van der Waals surface area contributed by atoms with E-state index >= 15 is 0 Å². The molecule has 22 heavy (non-hydrogen) atoms. The van der Waals surface area contributed by atoms with E-state index in [2.05, 4.69) is 4.98 Å². The molecule has 7 heteroatoms. The van der Waals surface area contributed by atoms with Gasteiger partial charge < -0.3 is 20.5 Å². The van der Waals surface area contributed by atoms with Crippen molar-refractivity contribution in [1.82, 2.24) is 9.88 Å². The van der Waals surface area contributed by atoms with Crippen molar-refractivity contribution in [3.05, 3.63) is 23.9 Å². The molecule has 0 bridgehead atoms. The summed E-state index contributed by atoms with van der Waals surface area (Å²) in [6.07, 6.45) is 3.02. The topological polar surface area (TPSA) is 106 Å². The van der Waals surface area contributed by atoms with Crippen molar-refractivity contribution < 1.29 is 19.4 Å². The average Bonchev–Trinajstić information content (AvgIpc) is 2.53. The number of ether oxygens (including phenoxy) is 1. The second-order valence-electron chi connectivity index (χ2n) is 5.63. The average molecular weight is 307 g/mol. The van der Waals surface area contributed by atoms with E-state index in [0.29, 0.717) is 43.8 Å². The van der Waals surface area contributed by atoms with Crippen molar-refractivity contribution >= 4 is 17.7 Å². The zero-order chi connectivity index (χ0) is 16.2. The SMILES string of the molecule is COCC[C@]1(C(=O)O)CCCN(C(=O)c2ccc(N)nc2)C1. The Balaban J connectivity index is 2.16. The lowest BCUT2D eigenvalue weighted by molar-refractivity contribution is -0.153. The number of piperidine rings is 1. The molecule has 0 aliphatic carbocycles. The molecule has 1 amide bonds. The van der Waals surface area contributed by atoms with Gasteiger partial charge in [-0.25, -0.2) is 4.98 Å². The van der Waals surface area contributed by atoms with E-state index in [4.69, 9.17) is 10.5 Å². The number of hydrogen-bond acceptors (Lipinski definition) is 5. The van der Waals surface area contributed by atoms with Gasteiger partial charge in [0, 0.05) is 33.0 Å². The molecule has 0 aromatic carbocycles. The minimum absolute atomic E-state index is 0.189. The van der Waals surface area contributed by atoms with Crippen molar-refractivity contribution in [2.45, 2.75) is 19.3 Å². The fourth-order valence-corrected chi connectivity index (χ4v) is 2.80. The number of aromatic nitrogens is 1. The van der Waals surface area contributed by atoms with Crippen LogP contribution in [0.3, 0.4) is 0 Å². The van der Waals surface area contributed by atoms with Crippen molar-refractivity contribution in [2.75, 3.05) is 32.5 Å². The number of anilines is 1. The number of carbonyl (C=O) groups excluding carboxylic acids is 1. The fraction of sp³-hybridized carbons (Fsp3) is 0.533. The predicted molar refractivity (Wildman–Crippen MR) is 80.3 cm³/mol. The van der Waals surface area contributed by atoms with Gasteiger partial charge in [-0.2, -0.15) is 0 Å². The van der Waals surface area contributed by atoms with E-state index in [1.54, 1.807) is 24.1 Å². The summed E-state index contributed by atoms with van der Waals surface area (Å²) in [7, 11) is 1.54. The molecule has 7 nitrogen and oxygen atoms in total. The van der Waals surface area contributed by atoms with E-state index in [1.807, 2.05) is 0 Å². The van der Waals surface area contributed by atoms with Crippen LogP contribution in [0.2, 0.25) is 0 Å². The molecule has 3 N–H and O–H groups in total. The Labute approximate surface area is 129 Å². The third kappa shape index (κ3) is 3.36. The quantitative estimate of drug-likeness (QED) is 0.841. The van der Waals surface area contributed by atoms with Crippen molar-refractivity contribution in [1.29, 1.82) is 0 Å². The Morgan fingerprint density at radius 3 is 2.86 bits per heavy atom. The zero-order valence-corrected chi connectivity index (χ0v) is 12.6. The first-order valence-corrected chi connectivity index (χ1v) is 7.22. The number of carboxylic acids is 1. The summed E-state index contributed by atoms with van der Waals surface area (Å²) in [5.41, 5.74) is 4.99. The zero-order valence-electron chi connectivity index (χ0n) is 12.6. The Kier molecular flexibility index (Phi) is 4.97. The van der Waals surface area contributed by atoms with Crippen molar-refractivity contribution in [3.8, 4) is 0 Å². The smallest absolute Gasteiger partial charge is 0.311 e. The minimum atomic E-state index is -0.939. The Hall–Kier alpha value is -2.15. The number of nitrogens with zero attached hydrogens (tertiary/aromatic N) is 2. The molecule has 1 aromatic heterocycles. The van der Waals surface area contributed by atoms with Gasteiger partial charge in [-0.05, 0) is 31.4 Å². The number of hydrogen-bond donors (Lipinski definition) is 2. The summed E-state index contributed by atoms with van der Waals surface area (Å²) >= 11 is 0. The third-order valence-electron chi connectivity index (χ3n) is 4.14. The van der Waals surface area contributed by atoms with Gasteiger partial charge >= 0.3 is 5.97 Å². The lowest BCUT2D eigenvalue weighted by atomic mass is 9.77. The van der Waals surface area contributed by atoms with Gasteiger partial charge in [0.25, 0.3) is 5.91 Å². The summed E-state index contributed by atoms with van der Waals surface area (Å²) in [6.45, 7) is 1.10. The highest BCUT2D eigenvalue weighted by molar-refractivity contribution is 5.94. The van der Waals surface area contributed by atoms with E-state index in [9.17, 15) is 14.7 Å². The number of carbonyl (C=O) groups is 2. The van der Waals surface area contributed by atoms with Gasteiger partial charge in [-0.3, -0.25) is 9.59 Å². The Morgan fingerprint density at radius 1 is 1.50 bits per heavy atom. The van der Waals surface area contributed by atoms with Gasteiger partial charge in [-0.15, -0.1) is 0 Å². The highest BCUT2D eigenvalue weighted by Crippen LogP contribution is 2.34. The Bertz CT molecular complexity index is 546. The largest absolute Gasteiger partial charge is 0.481 e. The van der Waals surface area contributed by atoms with Crippen LogP contribution in [-0.2, 0) is 9.53 Å². The molecule has 2 rings (SSSR count). The normalized spacial score (nSPS) is 21.6. The first-order valence-electron chi connectivity index (χ1n) is 7.22. The summed E-state index contributed by atoms with van der Waals surface area (Å²) in [4.78, 5) is 29.7. The van der Waals surface area contributed by atoms with E-state index in [-0.39, 0.29) is 12.5 Å². The first kappa shape index (κ1) is 16.2. The van der Waals surface area contributed by atoms with Gasteiger partial charge in [0.05, 0.1) is 11.0 Å². The molecule has 1 aliphatic rings. The number of likely N-dealkylation sites (tertiary alicyclic amines) is 1. The standard InChI is InChI=1S/C15H21N3O4/c1-22-8-6-15(14(20)21)5-2-7-18(10-15)13(19)11-3-4-12(16)17-9-11/h3-4,9H,2,5-8,10H2,1H3,(H2,16,17)(H,20,21)/t15-/m1/s1. The van der Waals surface area contributed by atoms with Crippen LogP contribution in [0.15, 0.2) is 18.3 Å². The van der Waals surface area contributed by atoms with Crippen LogP contribution in [0.4, 0.5) is 5.82 Å². The van der Waals surface area contributed by atoms with Gasteiger partial charge in [0.1, 0.15) is 5.82 Å². The second-order valence-corrected chi connectivity index (χ2v) is 5.63. The van der Waals surface area contributed by atoms with Crippen LogP contribution in [-0.4, -0.2) is 53.7 Å². The number of methoxy groups -OCH3 is 1. The van der Waals surface area contributed by atoms with Crippen molar-refractivity contribution in [2.24, 2.45) is 5.41 Å². The summed E-state index contributed by atoms with van der Waals surface area (Å²) in [5.74, 6) is -0.747. The first-order chi connectivity index (χ1) is 10.5. The van der Waals surface area contributed by atoms with E-state index in [0.717, 1.165) is 0 Å². The summed E-state index contributed by atoms with van der Waals surface area (Å²) in [5, 5.41) is 9.60. The molecule has 1 aromatic rings. The molecule has 1 saturated heterocycles. The lowest BCUT2D eigenvalue weighted by Crippen LogP contribution is -2.50. The van der Waals surface area contributed by atoms with E-state index < -0.39 is 11.4 Å². The molecule has 0 radical (unpaired) electrons. The predicted octanol–water partition coefficient (Wildman–Crippen LogP) is 1.01. The minimum Gasteiger partial charge on any atom is -0.481 e. The number of nitrogens with two attached hydrogens (primary N) is 1. The molecule has 120 valence electrons. The van der Waals surface area contributed by atoms with Gasteiger partial charge in [-0.1, -0.05) is 0 Å². The maximum atomic E-state index is 12.5. The van der Waals surface area contributed by atoms with Crippen molar-refractivity contribution in [3.63, 3.8) is 0 Å². The molecular formula is C15H21N3O4. The molecule has 0 spiro atoms. The molecule has 1 atom stereocenters.